The Morgan fingerprint density at radius 1 is 1.12 bits per heavy atom. The lowest BCUT2D eigenvalue weighted by molar-refractivity contribution is -0.384. The van der Waals surface area contributed by atoms with E-state index in [0.717, 1.165) is 28.1 Å². The maximum absolute atomic E-state index is 11.0. The molecular weight excluding hydrogens is 414 g/mol. The second-order valence-corrected chi connectivity index (χ2v) is 8.22. The van der Waals surface area contributed by atoms with E-state index in [-0.39, 0.29) is 12.3 Å². The summed E-state index contributed by atoms with van der Waals surface area (Å²) in [6.07, 6.45) is 5.36. The van der Waals surface area contributed by atoms with Gasteiger partial charge in [0.15, 0.2) is 0 Å². The number of aliphatic imine (C=N–C) groups is 1. The van der Waals surface area contributed by atoms with E-state index in [0.29, 0.717) is 24.9 Å². The molecule has 1 aliphatic heterocycles. The molecule has 166 valence electrons. The van der Waals surface area contributed by atoms with Gasteiger partial charge in [0.05, 0.1) is 10.6 Å². The van der Waals surface area contributed by atoms with E-state index in [1.54, 1.807) is 12.1 Å². The molecule has 6 heteroatoms. The summed E-state index contributed by atoms with van der Waals surface area (Å²) in [7, 11) is 0. The van der Waals surface area contributed by atoms with Crippen LogP contribution in [0.2, 0.25) is 0 Å². The minimum Gasteiger partial charge on any atom is -0.481 e. The van der Waals surface area contributed by atoms with Crippen molar-refractivity contribution in [1.82, 2.24) is 0 Å². The largest absolute Gasteiger partial charge is 0.481 e. The van der Waals surface area contributed by atoms with Gasteiger partial charge in [-0.05, 0) is 35.2 Å². The molecule has 0 amide bonds. The van der Waals surface area contributed by atoms with Crippen LogP contribution in [0.15, 0.2) is 71.7 Å². The van der Waals surface area contributed by atoms with E-state index in [1.165, 1.54) is 17.7 Å². The molecule has 3 aromatic rings. The molecule has 0 aromatic heterocycles. The third kappa shape index (κ3) is 4.88. The molecule has 3 aromatic carbocycles. The number of benzene rings is 3. The van der Waals surface area contributed by atoms with E-state index in [9.17, 15) is 10.1 Å². The molecule has 0 N–H and O–H groups in total. The number of rotatable bonds is 7. The molecule has 0 bridgehead atoms. The Balaban J connectivity index is 1.68. The van der Waals surface area contributed by atoms with Crippen LogP contribution in [0.4, 0.5) is 11.4 Å². The minimum absolute atomic E-state index is 0.0817. The number of hydrogen-bond donors (Lipinski definition) is 0. The first-order valence-corrected chi connectivity index (χ1v) is 10.8. The first-order valence-electron chi connectivity index (χ1n) is 10.8. The van der Waals surface area contributed by atoms with Crippen LogP contribution in [-0.2, 0) is 6.54 Å². The van der Waals surface area contributed by atoms with Crippen molar-refractivity contribution in [2.45, 2.75) is 26.3 Å². The summed E-state index contributed by atoms with van der Waals surface area (Å²) in [5.74, 6) is 3.65. The van der Waals surface area contributed by atoms with E-state index in [4.69, 9.17) is 16.2 Å². The highest BCUT2D eigenvalue weighted by Gasteiger charge is 2.22. The lowest BCUT2D eigenvalue weighted by atomic mass is 9.95. The number of hydrogen-bond acceptors (Lipinski definition) is 5. The van der Waals surface area contributed by atoms with Gasteiger partial charge >= 0.3 is 0 Å². The smallest absolute Gasteiger partial charge is 0.269 e. The van der Waals surface area contributed by atoms with Crippen LogP contribution in [0.5, 0.6) is 5.75 Å². The quantitative estimate of drug-likeness (QED) is 0.275. The van der Waals surface area contributed by atoms with Crippen molar-refractivity contribution in [2.75, 3.05) is 18.2 Å². The summed E-state index contributed by atoms with van der Waals surface area (Å²) in [6, 6.07) is 21.0. The first-order chi connectivity index (χ1) is 16.0. The molecule has 1 heterocycles. The van der Waals surface area contributed by atoms with E-state index < -0.39 is 4.92 Å². The number of terminal acetylenes is 1. The summed E-state index contributed by atoms with van der Waals surface area (Å²) in [6.45, 7) is 5.61. The Bertz CT molecular complexity index is 1220. The minimum atomic E-state index is -0.390. The van der Waals surface area contributed by atoms with Gasteiger partial charge in [0.1, 0.15) is 19.0 Å². The Morgan fingerprint density at radius 2 is 1.85 bits per heavy atom. The SMILES string of the molecule is C#CCOc1ccc2c(c1)C(c1ccc(C(C)C)cc1)=NCN2Cc1ccc([N+](=O)[O-])cc1. The second-order valence-electron chi connectivity index (χ2n) is 8.22. The molecule has 1 aliphatic rings. The summed E-state index contributed by atoms with van der Waals surface area (Å²) in [4.78, 5) is 17.6. The van der Waals surface area contributed by atoms with Gasteiger partial charge in [-0.1, -0.05) is 56.2 Å². The molecule has 33 heavy (non-hydrogen) atoms. The fraction of sp³-hybridized carbons (Fsp3) is 0.222. The van der Waals surface area contributed by atoms with Gasteiger partial charge in [-0.25, -0.2) is 0 Å². The van der Waals surface area contributed by atoms with Gasteiger partial charge in [0.2, 0.25) is 0 Å². The standard InChI is InChI=1S/C27H25N3O3/c1-4-15-33-24-13-14-26-25(16-24)27(22-9-7-21(8-10-22)19(2)3)28-18-29(26)17-20-5-11-23(12-6-20)30(31)32/h1,5-14,16,19H,15,17-18H2,2-3H3. The number of nitrogens with zero attached hydrogens (tertiary/aromatic N) is 3. The maximum atomic E-state index is 11.0. The van der Waals surface area contributed by atoms with Crippen LogP contribution < -0.4 is 9.64 Å². The lowest BCUT2D eigenvalue weighted by Gasteiger charge is -2.30. The molecule has 0 fully saturated rings. The van der Waals surface area contributed by atoms with Crippen LogP contribution in [0.3, 0.4) is 0 Å². The highest BCUT2D eigenvalue weighted by atomic mass is 16.6. The van der Waals surface area contributed by atoms with Crippen molar-refractivity contribution in [1.29, 1.82) is 0 Å². The number of fused-ring (bicyclic) bond motifs is 1. The fourth-order valence-corrected chi connectivity index (χ4v) is 3.86. The van der Waals surface area contributed by atoms with Crippen LogP contribution >= 0.6 is 0 Å². The molecule has 0 saturated heterocycles. The molecular formula is C27H25N3O3. The average molecular weight is 440 g/mol. The van der Waals surface area contributed by atoms with Crippen molar-refractivity contribution < 1.29 is 9.66 Å². The summed E-state index contributed by atoms with van der Waals surface area (Å²) in [5.41, 5.74) is 6.28. The molecule has 0 spiro atoms. The average Bonchev–Trinajstić information content (AvgIpc) is 2.83. The van der Waals surface area contributed by atoms with Crippen LogP contribution in [-0.4, -0.2) is 23.9 Å². The Hall–Kier alpha value is -4.11. The Labute approximate surface area is 193 Å². The van der Waals surface area contributed by atoms with Gasteiger partial charge in [-0.3, -0.25) is 15.1 Å². The van der Waals surface area contributed by atoms with Gasteiger partial charge in [0.25, 0.3) is 5.69 Å². The van der Waals surface area contributed by atoms with Crippen molar-refractivity contribution in [3.8, 4) is 18.1 Å². The van der Waals surface area contributed by atoms with E-state index in [2.05, 4.69) is 48.9 Å². The molecule has 6 nitrogen and oxygen atoms in total. The van der Waals surface area contributed by atoms with Crippen molar-refractivity contribution in [3.05, 3.63) is 99.1 Å². The van der Waals surface area contributed by atoms with Crippen molar-refractivity contribution in [2.24, 2.45) is 4.99 Å². The topological polar surface area (TPSA) is 68.0 Å². The number of nitro benzene ring substituents is 1. The first kappa shape index (κ1) is 22.1. The zero-order chi connectivity index (χ0) is 23.4. The lowest BCUT2D eigenvalue weighted by Crippen LogP contribution is -2.29. The number of nitro groups is 1. The van der Waals surface area contributed by atoms with Crippen LogP contribution in [0.1, 0.15) is 42.0 Å². The normalized spacial score (nSPS) is 12.7. The summed E-state index contributed by atoms with van der Waals surface area (Å²) in [5, 5.41) is 11.0. The summed E-state index contributed by atoms with van der Waals surface area (Å²) < 4.78 is 5.67. The zero-order valence-electron chi connectivity index (χ0n) is 18.7. The molecule has 0 saturated carbocycles. The van der Waals surface area contributed by atoms with Crippen LogP contribution in [0, 0.1) is 22.5 Å². The maximum Gasteiger partial charge on any atom is 0.269 e. The Kier molecular flexibility index (Phi) is 6.41. The molecule has 0 radical (unpaired) electrons. The molecule has 0 atom stereocenters. The highest BCUT2D eigenvalue weighted by Crippen LogP contribution is 2.33. The fourth-order valence-electron chi connectivity index (χ4n) is 3.86. The molecule has 0 aliphatic carbocycles. The zero-order valence-corrected chi connectivity index (χ0v) is 18.7. The Morgan fingerprint density at radius 3 is 2.48 bits per heavy atom. The predicted molar refractivity (Wildman–Crippen MR) is 131 cm³/mol. The van der Waals surface area contributed by atoms with Gasteiger partial charge in [0, 0.05) is 35.5 Å². The van der Waals surface area contributed by atoms with E-state index >= 15 is 0 Å². The molecule has 0 unspecified atom stereocenters. The monoisotopic (exact) mass is 439 g/mol. The van der Waals surface area contributed by atoms with E-state index in [1.807, 2.05) is 18.2 Å². The van der Waals surface area contributed by atoms with Crippen molar-refractivity contribution >= 4 is 17.1 Å². The number of anilines is 1. The van der Waals surface area contributed by atoms with Gasteiger partial charge in [-0.2, -0.15) is 0 Å². The number of non-ortho nitro benzene ring substituents is 1. The van der Waals surface area contributed by atoms with Crippen LogP contribution in [0.25, 0.3) is 0 Å². The van der Waals surface area contributed by atoms with Gasteiger partial charge < -0.3 is 9.64 Å². The van der Waals surface area contributed by atoms with Crippen molar-refractivity contribution in [3.63, 3.8) is 0 Å². The third-order valence-electron chi connectivity index (χ3n) is 5.66. The predicted octanol–water partition coefficient (Wildman–Crippen LogP) is 5.55. The second kappa shape index (κ2) is 9.58. The van der Waals surface area contributed by atoms with Gasteiger partial charge in [-0.15, -0.1) is 6.42 Å². The third-order valence-corrected chi connectivity index (χ3v) is 5.66. The highest BCUT2D eigenvalue weighted by molar-refractivity contribution is 6.17. The number of ether oxygens (including phenoxy) is 1. The summed E-state index contributed by atoms with van der Waals surface area (Å²) >= 11 is 0. The molecule has 4 rings (SSSR count).